The molecule has 3 aromatic heterocycles. The van der Waals surface area contributed by atoms with E-state index in [2.05, 4.69) is 14.5 Å². The average molecular weight is 738 g/mol. The number of nitriles is 3. The van der Waals surface area contributed by atoms with Crippen LogP contribution >= 0.6 is 68.8 Å². The van der Waals surface area contributed by atoms with Gasteiger partial charge in [0.2, 0.25) is 0 Å². The van der Waals surface area contributed by atoms with E-state index >= 15 is 0 Å². The Morgan fingerprint density at radius 1 is 0.660 bits per heavy atom. The van der Waals surface area contributed by atoms with Crippen molar-refractivity contribution in [2.24, 2.45) is 0 Å². The van der Waals surface area contributed by atoms with Crippen LogP contribution in [0.2, 0.25) is 13.0 Å². The lowest BCUT2D eigenvalue weighted by molar-refractivity contribution is 0.0921. The summed E-state index contributed by atoms with van der Waals surface area (Å²) in [5.74, 6) is -0.331. The maximum absolute atomic E-state index is 11.5. The zero-order chi connectivity index (χ0) is 34.1. The van der Waals surface area contributed by atoms with Gasteiger partial charge in [-0.3, -0.25) is 19.2 Å². The molecule has 0 saturated carbocycles. The molecule has 0 bridgehead atoms. The van der Waals surface area contributed by atoms with Crippen LogP contribution in [0.1, 0.15) is 77.2 Å². The summed E-state index contributed by atoms with van der Waals surface area (Å²) in [7, 11) is 0. The molecule has 0 N–H and O–H groups in total. The molecular formula is C31H15Cl3N6O4S3. The topological polar surface area (TPSA) is 153 Å². The van der Waals surface area contributed by atoms with Crippen molar-refractivity contribution < 1.29 is 19.2 Å². The molecule has 0 atom stereocenters. The third-order valence-electron chi connectivity index (χ3n) is 5.97. The van der Waals surface area contributed by atoms with E-state index in [4.69, 9.17) is 70.3 Å². The summed E-state index contributed by atoms with van der Waals surface area (Å²) in [6, 6.07) is 10.1. The number of ketones is 4. The van der Waals surface area contributed by atoms with E-state index in [1.165, 1.54) is 34.0 Å². The minimum Gasteiger partial charge on any atom is -0.301 e. The number of hydrogen-bond donors (Lipinski definition) is 0. The predicted molar refractivity (Wildman–Crippen MR) is 181 cm³/mol. The largest absolute Gasteiger partial charge is 0.301 e. The summed E-state index contributed by atoms with van der Waals surface area (Å²) in [5, 5.41) is 25.1. The quantitative estimate of drug-likeness (QED) is 0.0964. The number of carbonyl (C=O) groups excluding carboxylic acids is 4. The van der Waals surface area contributed by atoms with Gasteiger partial charge < -0.3 is 4.85 Å². The second kappa shape index (κ2) is 17.1. The van der Waals surface area contributed by atoms with Crippen molar-refractivity contribution in [1.82, 2.24) is 0 Å². The maximum Gasteiger partial charge on any atom is 0.298 e. The molecule has 3 aliphatic rings. The van der Waals surface area contributed by atoms with Gasteiger partial charge >= 0.3 is 0 Å². The molecule has 16 heteroatoms. The van der Waals surface area contributed by atoms with Gasteiger partial charge in [0.05, 0.1) is 54.5 Å². The molecule has 0 aliphatic heterocycles. The minimum absolute atomic E-state index is 0. The number of rotatable bonds is 0. The Kier molecular flexibility index (Phi) is 13.9. The van der Waals surface area contributed by atoms with Gasteiger partial charge in [-0.1, -0.05) is 42.2 Å². The van der Waals surface area contributed by atoms with Crippen molar-refractivity contribution in [3.05, 3.63) is 108 Å². The first kappa shape index (κ1) is 38.3. The van der Waals surface area contributed by atoms with Gasteiger partial charge in [-0.15, -0.1) is 34.0 Å². The number of allylic oxidation sites excluding steroid dienone is 4. The number of nitrogens with zero attached hydrogens (tertiary/aromatic N) is 6. The molecule has 3 heterocycles. The zero-order valence-corrected chi connectivity index (χ0v) is 27.5. The Balaban J connectivity index is 0.000000229. The van der Waals surface area contributed by atoms with Crippen molar-refractivity contribution in [2.45, 2.75) is 26.7 Å². The number of fused-ring (bicyclic) bond motifs is 3. The van der Waals surface area contributed by atoms with Crippen LogP contribution in [0.15, 0.2) is 29.6 Å². The normalized spacial score (nSPS) is 14.9. The lowest BCUT2D eigenvalue weighted by Gasteiger charge is -1.93. The molecule has 6 rings (SSSR count). The first-order valence-electron chi connectivity index (χ1n) is 12.2. The van der Waals surface area contributed by atoms with E-state index in [1.54, 1.807) is 36.4 Å². The van der Waals surface area contributed by atoms with Gasteiger partial charge in [-0.05, 0) is 34.9 Å². The summed E-state index contributed by atoms with van der Waals surface area (Å²) in [5.41, 5.74) is 2.70. The molecule has 10 nitrogen and oxygen atoms in total. The fraction of sp³-hybridized carbons (Fsp3) is 0.161. The highest BCUT2D eigenvalue weighted by molar-refractivity contribution is 7.19. The molecule has 3 aliphatic carbocycles. The molecule has 0 saturated heterocycles. The van der Waals surface area contributed by atoms with E-state index in [0.29, 0.717) is 55.5 Å². The van der Waals surface area contributed by atoms with Crippen LogP contribution in [0.3, 0.4) is 0 Å². The Morgan fingerprint density at radius 3 is 1.51 bits per heavy atom. The first-order valence-corrected chi connectivity index (χ1v) is 15.8. The molecule has 0 aromatic carbocycles. The Bertz CT molecular complexity index is 1970. The Labute approximate surface area is 296 Å². The van der Waals surface area contributed by atoms with Crippen molar-refractivity contribution in [1.29, 1.82) is 15.8 Å². The first-order chi connectivity index (χ1) is 21.9. The minimum atomic E-state index is -0.104. The molecule has 0 spiro atoms. The van der Waals surface area contributed by atoms with E-state index in [0.717, 1.165) is 0 Å². The van der Waals surface area contributed by atoms with Gasteiger partial charge in [0.15, 0.2) is 23.1 Å². The summed E-state index contributed by atoms with van der Waals surface area (Å²) < 4.78 is 1.53. The van der Waals surface area contributed by atoms with Crippen molar-refractivity contribution in [2.75, 3.05) is 6.54 Å². The van der Waals surface area contributed by atoms with Gasteiger partial charge in [-0.25, -0.2) is 26.8 Å². The van der Waals surface area contributed by atoms with Crippen molar-refractivity contribution >= 4 is 103 Å². The van der Waals surface area contributed by atoms with Crippen LogP contribution in [0, 0.1) is 53.7 Å². The smallest absolute Gasteiger partial charge is 0.298 e. The van der Waals surface area contributed by atoms with Gasteiger partial charge in [0.25, 0.3) is 17.9 Å². The van der Waals surface area contributed by atoms with Gasteiger partial charge in [-0.2, -0.15) is 5.26 Å². The van der Waals surface area contributed by atoms with E-state index in [-0.39, 0.29) is 67.8 Å². The van der Waals surface area contributed by atoms with Crippen LogP contribution < -0.4 is 0 Å². The molecular weight excluding hydrogens is 723 g/mol. The van der Waals surface area contributed by atoms with Gasteiger partial charge in [0, 0.05) is 28.8 Å². The molecule has 232 valence electrons. The number of hydrogen-bond acceptors (Lipinski definition) is 10. The summed E-state index contributed by atoms with van der Waals surface area (Å²) in [6.45, 7) is 19.7. The van der Waals surface area contributed by atoms with E-state index in [9.17, 15) is 19.2 Å². The zero-order valence-electron chi connectivity index (χ0n) is 22.7. The van der Waals surface area contributed by atoms with Crippen LogP contribution in [0.25, 0.3) is 25.7 Å². The predicted octanol–water partition coefficient (Wildman–Crippen LogP) is 9.52. The molecule has 0 fully saturated rings. The lowest BCUT2D eigenvalue weighted by atomic mass is 10.1. The summed E-state index contributed by atoms with van der Waals surface area (Å²) in [4.78, 5) is 55.8. The highest BCUT2D eigenvalue weighted by atomic mass is 35.5. The highest BCUT2D eigenvalue weighted by Gasteiger charge is 2.31. The van der Waals surface area contributed by atoms with E-state index in [1.807, 2.05) is 0 Å². The number of thiophene rings is 3. The molecule has 3 aromatic rings. The fourth-order valence-corrected chi connectivity index (χ4v) is 7.77. The average Bonchev–Trinajstić information content (AvgIpc) is 3.85. The highest BCUT2D eigenvalue weighted by Crippen LogP contribution is 2.43. The molecule has 0 unspecified atom stereocenters. The Morgan fingerprint density at radius 2 is 1.06 bits per heavy atom. The van der Waals surface area contributed by atoms with Crippen LogP contribution in [0.4, 0.5) is 0 Å². The second-order valence-electron chi connectivity index (χ2n) is 8.68. The van der Waals surface area contributed by atoms with Gasteiger partial charge in [0.1, 0.15) is 6.07 Å². The van der Waals surface area contributed by atoms with Crippen molar-refractivity contribution in [3.63, 3.8) is 0 Å². The SMILES string of the molecule is C.O=C1CC(=O)c2sc(Cl)cc21.[C-]#[N+]/C(C#N)=C1/CC(=O)c2cc(Cl)sc21.[C-]#[N+]/C(C#N)=C1/CC(=O)c2sc(Cl)cc21.[C-]#[N+]CC#N. The second-order valence-corrected chi connectivity index (χ2v) is 13.7. The van der Waals surface area contributed by atoms with Crippen molar-refractivity contribution in [3.8, 4) is 18.2 Å². The molecule has 0 amide bonds. The molecule has 0 radical (unpaired) electrons. The number of halogens is 3. The Hall–Kier alpha value is -4.93. The number of carbonyl (C=O) groups is 4. The third-order valence-corrected chi connectivity index (χ3v) is 9.90. The standard InChI is InChI=1S/2C10H3ClN2OS.C7H3ClO2S.C3H2N2.CH4/c1-13-7(4-12)5-2-8(14)6-3-9(11)15-10(5)6;1-13-7(4-12)5-2-8(14)10-6(5)3-9(11)15-10;8-6-1-3-4(9)2-5(10)7(3)11-6;1-5-3-2-4;/h2*3H,2H2;1H,2H2;3H2;1H4/b2*7-5-;;;. The molecule has 47 heavy (non-hydrogen) atoms. The third kappa shape index (κ3) is 8.66. The van der Waals surface area contributed by atoms with E-state index < -0.39 is 0 Å². The fourth-order valence-electron chi connectivity index (χ4n) is 4.11. The lowest BCUT2D eigenvalue weighted by Crippen LogP contribution is -1.91. The maximum atomic E-state index is 11.5. The van der Waals surface area contributed by atoms with Crippen LogP contribution in [0.5, 0.6) is 0 Å². The number of Topliss-reactive ketones (excluding diaryl/α,β-unsaturated/α-hetero) is 4. The summed E-state index contributed by atoms with van der Waals surface area (Å²) in [6.07, 6.45) is 0.311. The monoisotopic (exact) mass is 736 g/mol. The summed E-state index contributed by atoms with van der Waals surface area (Å²) >= 11 is 20.8. The van der Waals surface area contributed by atoms with Crippen LogP contribution in [-0.2, 0) is 0 Å². The van der Waals surface area contributed by atoms with Crippen LogP contribution in [-0.4, -0.2) is 29.7 Å².